The van der Waals surface area contributed by atoms with Gasteiger partial charge in [-0.2, -0.15) is 15.2 Å². The van der Waals surface area contributed by atoms with Crippen LogP contribution in [0.3, 0.4) is 0 Å². The lowest BCUT2D eigenvalue weighted by molar-refractivity contribution is 0.703. The van der Waals surface area contributed by atoms with Crippen LogP contribution in [0.5, 0.6) is 0 Å². The topological polar surface area (TPSA) is 98.3 Å². The Morgan fingerprint density at radius 3 is 2.00 bits per heavy atom. The predicted molar refractivity (Wildman–Crippen MR) is 136 cm³/mol. The van der Waals surface area contributed by atoms with Gasteiger partial charge in [-0.3, -0.25) is 9.89 Å². The van der Waals surface area contributed by atoms with Crippen LogP contribution in [-0.4, -0.2) is 14.8 Å². The van der Waals surface area contributed by atoms with Crippen LogP contribution < -0.4 is 5.56 Å². The number of aromatic nitrogens is 3. The van der Waals surface area contributed by atoms with Gasteiger partial charge in [0.15, 0.2) is 0 Å². The predicted octanol–water partition coefficient (Wildman–Crippen LogP) is 5.75. The fourth-order valence-electron chi connectivity index (χ4n) is 4.17. The molecule has 1 atom stereocenters. The van der Waals surface area contributed by atoms with Gasteiger partial charge in [0.05, 0.1) is 29.1 Å². The Morgan fingerprint density at radius 2 is 1.40 bits per heavy atom. The molecule has 168 valence electrons. The van der Waals surface area contributed by atoms with Gasteiger partial charge in [-0.1, -0.05) is 91.0 Å². The van der Waals surface area contributed by atoms with Crippen molar-refractivity contribution in [3.63, 3.8) is 0 Å². The van der Waals surface area contributed by atoms with Crippen molar-refractivity contribution in [2.75, 3.05) is 0 Å². The van der Waals surface area contributed by atoms with Gasteiger partial charge in [0, 0.05) is 16.9 Å². The number of H-pyrrole nitrogens is 1. The van der Waals surface area contributed by atoms with Crippen molar-refractivity contribution in [1.82, 2.24) is 14.8 Å². The van der Waals surface area contributed by atoms with Crippen molar-refractivity contribution in [3.8, 4) is 39.8 Å². The number of nitrogens with zero attached hydrogens (tertiary/aromatic N) is 4. The van der Waals surface area contributed by atoms with Crippen molar-refractivity contribution < 1.29 is 0 Å². The molecule has 0 amide bonds. The zero-order chi connectivity index (χ0) is 24.2. The highest BCUT2D eigenvalue weighted by Crippen LogP contribution is 2.36. The molecule has 0 spiro atoms. The van der Waals surface area contributed by atoms with Crippen LogP contribution >= 0.6 is 11.3 Å². The largest absolute Gasteiger partial charge is 0.288 e. The smallest absolute Gasteiger partial charge is 0.277 e. The van der Waals surface area contributed by atoms with Gasteiger partial charge in [0.1, 0.15) is 5.92 Å². The molecule has 0 aliphatic heterocycles. The van der Waals surface area contributed by atoms with Gasteiger partial charge >= 0.3 is 0 Å². The van der Waals surface area contributed by atoms with Crippen molar-refractivity contribution >= 4 is 11.3 Å². The maximum Gasteiger partial charge on any atom is 0.277 e. The summed E-state index contributed by atoms with van der Waals surface area (Å²) in [5, 5.41) is 25.3. The summed E-state index contributed by atoms with van der Waals surface area (Å²) < 4.78 is 1.41. The second kappa shape index (κ2) is 9.64. The van der Waals surface area contributed by atoms with Crippen LogP contribution in [0, 0.1) is 28.6 Å². The SMILES string of the molecule is N#CC(C#N)[C@H](c1ccccc1)c1c(-c2ccccc2)[nH]n(-c2nc(-c3ccccc3)cs2)c1=O. The molecule has 7 heteroatoms. The van der Waals surface area contributed by atoms with Gasteiger partial charge in [0.25, 0.3) is 5.56 Å². The van der Waals surface area contributed by atoms with Crippen LogP contribution in [0.25, 0.3) is 27.6 Å². The Balaban J connectivity index is 1.74. The monoisotopic (exact) mass is 473 g/mol. The van der Waals surface area contributed by atoms with Crippen molar-refractivity contribution in [2.24, 2.45) is 5.92 Å². The first-order chi connectivity index (χ1) is 17.2. The lowest BCUT2D eigenvalue weighted by atomic mass is 9.81. The molecule has 2 aromatic heterocycles. The zero-order valence-electron chi connectivity index (χ0n) is 18.5. The fraction of sp³-hybridized carbons (Fsp3) is 0.0714. The average molecular weight is 474 g/mol. The highest BCUT2D eigenvalue weighted by molar-refractivity contribution is 7.12. The molecule has 35 heavy (non-hydrogen) atoms. The lowest BCUT2D eigenvalue weighted by Crippen LogP contribution is -2.23. The molecule has 5 rings (SSSR count). The van der Waals surface area contributed by atoms with E-state index < -0.39 is 11.8 Å². The van der Waals surface area contributed by atoms with E-state index in [0.717, 1.165) is 22.4 Å². The van der Waals surface area contributed by atoms with Crippen LogP contribution in [0.15, 0.2) is 101 Å². The summed E-state index contributed by atoms with van der Waals surface area (Å²) in [5.74, 6) is -1.78. The summed E-state index contributed by atoms with van der Waals surface area (Å²) in [6.45, 7) is 0. The Bertz CT molecular complexity index is 1570. The van der Waals surface area contributed by atoms with Crippen LogP contribution in [0.4, 0.5) is 0 Å². The number of thiazole rings is 1. The van der Waals surface area contributed by atoms with E-state index >= 15 is 0 Å². The first-order valence-corrected chi connectivity index (χ1v) is 11.8. The average Bonchev–Trinajstić information content (AvgIpc) is 3.54. The fourth-order valence-corrected chi connectivity index (χ4v) is 4.96. The number of nitrogens with one attached hydrogen (secondary N) is 1. The minimum absolute atomic E-state index is 0.331. The maximum absolute atomic E-state index is 13.9. The number of aromatic amines is 1. The van der Waals surface area contributed by atoms with Crippen molar-refractivity contribution in [3.05, 3.63) is 118 Å². The molecule has 0 aliphatic rings. The molecule has 0 unspecified atom stereocenters. The number of benzene rings is 3. The van der Waals surface area contributed by atoms with Gasteiger partial charge in [-0.05, 0) is 11.1 Å². The quantitative estimate of drug-likeness (QED) is 0.339. The molecule has 0 saturated carbocycles. The molecule has 3 aromatic carbocycles. The third-order valence-corrected chi connectivity index (χ3v) is 6.65. The zero-order valence-corrected chi connectivity index (χ0v) is 19.3. The normalized spacial score (nSPS) is 11.6. The van der Waals surface area contributed by atoms with Gasteiger partial charge in [-0.15, -0.1) is 11.3 Å². The summed E-state index contributed by atoms with van der Waals surface area (Å²) in [5.41, 5.74) is 3.83. The van der Waals surface area contributed by atoms with E-state index in [1.54, 1.807) is 0 Å². The molecule has 2 heterocycles. The van der Waals surface area contributed by atoms with E-state index in [1.807, 2.05) is 96.4 Å². The summed E-state index contributed by atoms with van der Waals surface area (Å²) >= 11 is 1.35. The number of hydrogen-bond acceptors (Lipinski definition) is 5. The van der Waals surface area contributed by atoms with Crippen molar-refractivity contribution in [2.45, 2.75) is 5.92 Å². The number of hydrogen-bond donors (Lipinski definition) is 1. The number of nitriles is 2. The Labute approximate surface area is 206 Å². The van der Waals surface area contributed by atoms with Gasteiger partial charge in [-0.25, -0.2) is 4.98 Å². The van der Waals surface area contributed by atoms with E-state index in [0.29, 0.717) is 16.4 Å². The van der Waals surface area contributed by atoms with Crippen molar-refractivity contribution in [1.29, 1.82) is 10.5 Å². The molecular formula is C28H19N5OS. The third kappa shape index (κ3) is 4.17. The molecule has 0 radical (unpaired) electrons. The first-order valence-electron chi connectivity index (χ1n) is 11.0. The highest BCUT2D eigenvalue weighted by Gasteiger charge is 2.33. The van der Waals surface area contributed by atoms with Gasteiger partial charge in [0.2, 0.25) is 5.13 Å². The molecule has 6 nitrogen and oxygen atoms in total. The maximum atomic E-state index is 13.9. The molecule has 0 fully saturated rings. The minimum Gasteiger partial charge on any atom is -0.288 e. The van der Waals surface area contributed by atoms with Crippen LogP contribution in [0.2, 0.25) is 0 Å². The van der Waals surface area contributed by atoms with E-state index in [2.05, 4.69) is 17.2 Å². The standard InChI is InChI=1S/C28H19N5OS/c29-16-22(17-30)24(20-12-6-2-7-13-20)25-26(21-14-8-3-9-15-21)32-33(27(25)34)28-31-23(18-35-28)19-10-4-1-5-11-19/h1-15,18,22,24,32H/t24-/m0/s1. The second-order valence-electron chi connectivity index (χ2n) is 7.91. The number of rotatable bonds is 6. The molecular weight excluding hydrogens is 454 g/mol. The summed E-state index contributed by atoms with van der Waals surface area (Å²) in [7, 11) is 0. The molecule has 1 N–H and O–H groups in total. The molecule has 0 bridgehead atoms. The molecule has 5 aromatic rings. The molecule has 0 saturated heterocycles. The minimum atomic E-state index is -1.05. The Morgan fingerprint density at radius 1 is 0.829 bits per heavy atom. The van der Waals surface area contributed by atoms with E-state index in [4.69, 9.17) is 4.98 Å². The first kappa shape index (κ1) is 22.1. The summed E-state index contributed by atoms with van der Waals surface area (Å²) in [4.78, 5) is 18.6. The lowest BCUT2D eigenvalue weighted by Gasteiger charge is -2.17. The van der Waals surface area contributed by atoms with Crippen LogP contribution in [-0.2, 0) is 0 Å². The third-order valence-electron chi connectivity index (χ3n) is 5.82. The van der Waals surface area contributed by atoms with Crippen LogP contribution in [0.1, 0.15) is 17.0 Å². The Kier molecular flexibility index (Phi) is 6.09. The molecule has 0 aliphatic carbocycles. The second-order valence-corrected chi connectivity index (χ2v) is 8.75. The Hall–Kier alpha value is -4.72. The van der Waals surface area contributed by atoms with E-state index in [-0.39, 0.29) is 5.56 Å². The van der Waals surface area contributed by atoms with E-state index in [9.17, 15) is 15.3 Å². The van der Waals surface area contributed by atoms with E-state index in [1.165, 1.54) is 16.0 Å². The summed E-state index contributed by atoms with van der Waals surface area (Å²) in [6, 6.07) is 32.6. The highest BCUT2D eigenvalue weighted by atomic mass is 32.1. The van der Waals surface area contributed by atoms with Gasteiger partial charge < -0.3 is 0 Å². The summed E-state index contributed by atoms with van der Waals surface area (Å²) in [6.07, 6.45) is 0.